The lowest BCUT2D eigenvalue weighted by Gasteiger charge is -2.11. The van der Waals surface area contributed by atoms with Crippen LogP contribution < -0.4 is 4.72 Å². The van der Waals surface area contributed by atoms with E-state index in [0.29, 0.717) is 11.4 Å². The van der Waals surface area contributed by atoms with Crippen LogP contribution in [0, 0.1) is 11.6 Å². The summed E-state index contributed by atoms with van der Waals surface area (Å²) < 4.78 is 56.0. The molecular formula is C21H16ClF2N3O2S. The first-order valence-electron chi connectivity index (χ1n) is 9.01. The van der Waals surface area contributed by atoms with Crippen LogP contribution in [-0.4, -0.2) is 24.5 Å². The molecule has 3 aromatic carbocycles. The van der Waals surface area contributed by atoms with Gasteiger partial charge in [-0.3, -0.25) is 0 Å². The third kappa shape index (κ3) is 4.07. The quantitative estimate of drug-likeness (QED) is 0.469. The van der Waals surface area contributed by atoms with Crippen LogP contribution in [0.5, 0.6) is 0 Å². The molecule has 0 fully saturated rings. The Morgan fingerprint density at radius 3 is 2.47 bits per heavy atom. The number of hydrogen-bond acceptors (Lipinski definition) is 3. The summed E-state index contributed by atoms with van der Waals surface area (Å²) in [5.41, 5.74) is 2.27. The Balaban J connectivity index is 1.61. The van der Waals surface area contributed by atoms with Crippen molar-refractivity contribution in [2.24, 2.45) is 0 Å². The normalized spacial score (nSPS) is 11.8. The van der Waals surface area contributed by atoms with Crippen molar-refractivity contribution in [3.8, 4) is 11.4 Å². The second-order valence-corrected chi connectivity index (χ2v) is 8.73. The van der Waals surface area contributed by atoms with Gasteiger partial charge in [0.1, 0.15) is 17.5 Å². The minimum Gasteiger partial charge on any atom is -0.323 e. The number of hydrogen-bond donors (Lipinski definition) is 1. The first-order valence-corrected chi connectivity index (χ1v) is 10.9. The second kappa shape index (κ2) is 8.14. The molecule has 0 radical (unpaired) electrons. The van der Waals surface area contributed by atoms with Gasteiger partial charge in [0.25, 0.3) is 0 Å². The van der Waals surface area contributed by atoms with Gasteiger partial charge in [-0.2, -0.15) is 0 Å². The Kier molecular flexibility index (Phi) is 5.55. The lowest BCUT2D eigenvalue weighted by molar-refractivity contribution is 0.574. The molecule has 1 heterocycles. The molecule has 1 N–H and O–H groups in total. The summed E-state index contributed by atoms with van der Waals surface area (Å²) in [5, 5.41) is -0.267. The van der Waals surface area contributed by atoms with Gasteiger partial charge in [0.05, 0.1) is 21.0 Å². The molecule has 0 saturated carbocycles. The number of halogens is 3. The maximum Gasteiger partial charge on any atom is 0.240 e. The van der Waals surface area contributed by atoms with Crippen molar-refractivity contribution in [1.82, 2.24) is 14.3 Å². The van der Waals surface area contributed by atoms with Crippen LogP contribution in [0.4, 0.5) is 8.78 Å². The van der Waals surface area contributed by atoms with Gasteiger partial charge >= 0.3 is 0 Å². The molecular weight excluding hydrogens is 432 g/mol. The van der Waals surface area contributed by atoms with E-state index in [1.54, 1.807) is 12.1 Å². The molecule has 0 amide bonds. The number of rotatable bonds is 6. The van der Waals surface area contributed by atoms with Crippen LogP contribution in [0.2, 0.25) is 5.02 Å². The van der Waals surface area contributed by atoms with Crippen molar-refractivity contribution in [3.05, 3.63) is 83.4 Å². The number of imidazole rings is 1. The molecule has 0 saturated heterocycles. The van der Waals surface area contributed by atoms with E-state index >= 15 is 0 Å². The molecule has 0 aliphatic heterocycles. The first-order chi connectivity index (χ1) is 14.3. The van der Waals surface area contributed by atoms with Gasteiger partial charge in [-0.15, -0.1) is 0 Å². The molecule has 5 nitrogen and oxygen atoms in total. The van der Waals surface area contributed by atoms with Crippen LogP contribution >= 0.6 is 11.6 Å². The van der Waals surface area contributed by atoms with Crippen LogP contribution in [0.1, 0.15) is 0 Å². The molecule has 1 aromatic heterocycles. The van der Waals surface area contributed by atoms with Gasteiger partial charge in [0.2, 0.25) is 10.0 Å². The van der Waals surface area contributed by atoms with Crippen molar-refractivity contribution in [1.29, 1.82) is 0 Å². The fourth-order valence-electron chi connectivity index (χ4n) is 3.14. The largest absolute Gasteiger partial charge is 0.323 e. The maximum atomic E-state index is 13.3. The highest BCUT2D eigenvalue weighted by Gasteiger charge is 2.17. The standard InChI is InChI=1S/C21H16ClF2N3O2S/c22-17-13-16(9-10-18(17)24)30(28,29)25-11-12-27-20-4-2-1-3-19(20)26-21(27)14-5-7-15(23)8-6-14/h1-10,13,25H,11-12H2. The molecule has 0 aliphatic rings. The molecule has 4 rings (SSSR count). The number of nitrogens with zero attached hydrogens (tertiary/aromatic N) is 2. The summed E-state index contributed by atoms with van der Waals surface area (Å²) in [7, 11) is -3.87. The van der Waals surface area contributed by atoms with E-state index in [0.717, 1.165) is 29.2 Å². The number of aromatic nitrogens is 2. The zero-order chi connectivity index (χ0) is 21.3. The van der Waals surface area contributed by atoms with Crippen molar-refractivity contribution in [2.75, 3.05) is 6.54 Å². The van der Waals surface area contributed by atoms with Gasteiger partial charge in [0.15, 0.2) is 0 Å². The van der Waals surface area contributed by atoms with Crippen LogP contribution in [0.3, 0.4) is 0 Å². The van der Waals surface area contributed by atoms with Gasteiger partial charge in [-0.1, -0.05) is 23.7 Å². The highest BCUT2D eigenvalue weighted by Crippen LogP contribution is 2.25. The predicted molar refractivity (Wildman–Crippen MR) is 112 cm³/mol. The lowest BCUT2D eigenvalue weighted by atomic mass is 10.2. The summed E-state index contributed by atoms with van der Waals surface area (Å²) >= 11 is 5.69. The number of benzene rings is 3. The van der Waals surface area contributed by atoms with E-state index in [9.17, 15) is 17.2 Å². The number of para-hydroxylation sites is 2. The van der Waals surface area contributed by atoms with Crippen molar-refractivity contribution >= 4 is 32.7 Å². The second-order valence-electron chi connectivity index (χ2n) is 6.56. The minimum absolute atomic E-state index is 0.0614. The summed E-state index contributed by atoms with van der Waals surface area (Å²) in [5.74, 6) is -0.447. The van der Waals surface area contributed by atoms with E-state index in [-0.39, 0.29) is 28.8 Å². The Morgan fingerprint density at radius 2 is 1.73 bits per heavy atom. The highest BCUT2D eigenvalue weighted by molar-refractivity contribution is 7.89. The Labute approximate surface area is 177 Å². The van der Waals surface area contributed by atoms with Crippen molar-refractivity contribution in [3.63, 3.8) is 0 Å². The van der Waals surface area contributed by atoms with Gasteiger partial charge < -0.3 is 4.57 Å². The Bertz CT molecular complexity index is 1320. The lowest BCUT2D eigenvalue weighted by Crippen LogP contribution is -2.27. The van der Waals surface area contributed by atoms with Gasteiger partial charge in [0, 0.05) is 18.7 Å². The Hall–Kier alpha value is -2.81. The van der Waals surface area contributed by atoms with Crippen LogP contribution in [0.15, 0.2) is 71.6 Å². The van der Waals surface area contributed by atoms with E-state index < -0.39 is 15.8 Å². The average Bonchev–Trinajstić information content (AvgIpc) is 3.09. The molecule has 0 aliphatic carbocycles. The fraction of sp³-hybridized carbons (Fsp3) is 0.0952. The molecule has 154 valence electrons. The molecule has 9 heteroatoms. The van der Waals surface area contributed by atoms with E-state index in [4.69, 9.17) is 11.6 Å². The molecule has 0 unspecified atom stereocenters. The summed E-state index contributed by atoms with van der Waals surface area (Å²) in [6, 6.07) is 16.6. The topological polar surface area (TPSA) is 64.0 Å². The third-order valence-corrected chi connectivity index (χ3v) is 6.33. The maximum absolute atomic E-state index is 13.3. The molecule has 0 bridgehead atoms. The summed E-state index contributed by atoms with van der Waals surface area (Å²) in [4.78, 5) is 4.49. The van der Waals surface area contributed by atoms with Crippen LogP contribution in [0.25, 0.3) is 22.4 Å². The number of sulfonamides is 1. The van der Waals surface area contributed by atoms with E-state index in [2.05, 4.69) is 9.71 Å². The number of nitrogens with one attached hydrogen (secondary N) is 1. The predicted octanol–water partition coefficient (Wildman–Crippen LogP) is 4.61. The zero-order valence-corrected chi connectivity index (χ0v) is 17.1. The Morgan fingerprint density at radius 1 is 1.00 bits per heavy atom. The summed E-state index contributed by atoms with van der Waals surface area (Å²) in [6.07, 6.45) is 0. The van der Waals surface area contributed by atoms with Gasteiger partial charge in [-0.05, 0) is 54.6 Å². The third-order valence-electron chi connectivity index (χ3n) is 4.59. The molecule has 0 spiro atoms. The SMILES string of the molecule is O=S(=O)(NCCn1c(-c2ccc(F)cc2)nc2ccccc21)c1ccc(F)c(Cl)c1. The monoisotopic (exact) mass is 447 g/mol. The van der Waals surface area contributed by atoms with Crippen molar-refractivity contribution < 1.29 is 17.2 Å². The van der Waals surface area contributed by atoms with Gasteiger partial charge in [-0.25, -0.2) is 26.9 Å². The number of fused-ring (bicyclic) bond motifs is 1. The minimum atomic E-state index is -3.87. The molecule has 0 atom stereocenters. The van der Waals surface area contributed by atoms with E-state index in [1.165, 1.54) is 12.1 Å². The molecule has 4 aromatic rings. The summed E-state index contributed by atoms with van der Waals surface area (Å²) in [6.45, 7) is 0.341. The highest BCUT2D eigenvalue weighted by atomic mass is 35.5. The van der Waals surface area contributed by atoms with E-state index in [1.807, 2.05) is 28.8 Å². The fourth-order valence-corrected chi connectivity index (χ4v) is 4.43. The molecule has 30 heavy (non-hydrogen) atoms. The zero-order valence-electron chi connectivity index (χ0n) is 15.5. The van der Waals surface area contributed by atoms with Crippen molar-refractivity contribution in [2.45, 2.75) is 11.4 Å². The smallest absolute Gasteiger partial charge is 0.240 e. The average molecular weight is 448 g/mol. The first kappa shape index (κ1) is 20.5. The van der Waals surface area contributed by atoms with Crippen LogP contribution in [-0.2, 0) is 16.6 Å².